The van der Waals surface area contributed by atoms with E-state index in [9.17, 15) is 4.79 Å². The molecule has 0 aliphatic heterocycles. The van der Waals surface area contributed by atoms with Crippen molar-refractivity contribution in [1.29, 1.82) is 0 Å². The number of amides is 1. The molecule has 1 fully saturated rings. The fraction of sp³-hybridized carbons (Fsp3) is 0.167. The van der Waals surface area contributed by atoms with E-state index in [0.717, 1.165) is 28.3 Å². The monoisotopic (exact) mass is 295 g/mol. The van der Waals surface area contributed by atoms with E-state index in [1.54, 1.807) is 6.07 Å². The van der Waals surface area contributed by atoms with E-state index in [1.807, 2.05) is 42.5 Å². The van der Waals surface area contributed by atoms with Crippen molar-refractivity contribution in [2.45, 2.75) is 12.3 Å². The van der Waals surface area contributed by atoms with Crippen molar-refractivity contribution in [2.75, 3.05) is 5.32 Å². The summed E-state index contributed by atoms with van der Waals surface area (Å²) in [6, 6.07) is 15.0. The fourth-order valence-corrected chi connectivity index (χ4v) is 2.80. The Morgan fingerprint density at radius 2 is 2.05 bits per heavy atom. The lowest BCUT2D eigenvalue weighted by molar-refractivity contribution is -0.117. The second kappa shape index (κ2) is 5.63. The summed E-state index contributed by atoms with van der Waals surface area (Å²) in [7, 11) is 0. The highest BCUT2D eigenvalue weighted by Crippen LogP contribution is 2.49. The molecule has 2 nitrogen and oxygen atoms in total. The lowest BCUT2D eigenvalue weighted by Gasteiger charge is -2.06. The topological polar surface area (TPSA) is 29.1 Å². The molecule has 2 aromatic rings. The second-order valence-electron chi connectivity index (χ2n) is 5.18. The van der Waals surface area contributed by atoms with Crippen LogP contribution in [-0.2, 0) is 4.79 Å². The van der Waals surface area contributed by atoms with Gasteiger partial charge in [-0.3, -0.25) is 4.79 Å². The predicted molar refractivity (Wildman–Crippen MR) is 85.3 cm³/mol. The zero-order valence-corrected chi connectivity index (χ0v) is 12.1. The van der Waals surface area contributed by atoms with Crippen LogP contribution in [0, 0.1) is 18.3 Å². The molecule has 2 unspecified atom stereocenters. The van der Waals surface area contributed by atoms with Gasteiger partial charge in [-0.25, -0.2) is 0 Å². The van der Waals surface area contributed by atoms with E-state index >= 15 is 0 Å². The van der Waals surface area contributed by atoms with E-state index in [4.69, 9.17) is 18.0 Å². The molecule has 0 spiro atoms. The van der Waals surface area contributed by atoms with Gasteiger partial charge in [0.2, 0.25) is 5.91 Å². The standard InChI is InChI=1S/C18H14ClNO/c1-2-12-6-5-7-13(10-12)20-18(21)16-11-15(16)14-8-3-4-9-17(14)19/h1,3-10,15-16H,11H2,(H,20,21). The molecular formula is C18H14ClNO. The van der Waals surface area contributed by atoms with Crippen LogP contribution in [0.2, 0.25) is 5.02 Å². The molecule has 0 aromatic heterocycles. The maximum absolute atomic E-state index is 12.3. The van der Waals surface area contributed by atoms with Crippen molar-refractivity contribution < 1.29 is 4.79 Å². The minimum atomic E-state index is -0.0145. The number of anilines is 1. The molecule has 2 aromatic carbocycles. The van der Waals surface area contributed by atoms with Crippen molar-refractivity contribution in [2.24, 2.45) is 5.92 Å². The fourth-order valence-electron chi connectivity index (χ4n) is 2.53. The molecule has 1 aliphatic carbocycles. The summed E-state index contributed by atoms with van der Waals surface area (Å²) in [5.41, 5.74) is 2.54. The van der Waals surface area contributed by atoms with Gasteiger partial charge in [0.05, 0.1) is 0 Å². The molecule has 0 radical (unpaired) electrons. The van der Waals surface area contributed by atoms with Crippen molar-refractivity contribution in [3.63, 3.8) is 0 Å². The first-order chi connectivity index (χ1) is 10.2. The molecule has 1 amide bonds. The summed E-state index contributed by atoms with van der Waals surface area (Å²) in [5, 5.41) is 3.65. The van der Waals surface area contributed by atoms with Crippen molar-refractivity contribution in [3.05, 3.63) is 64.7 Å². The third-order valence-electron chi connectivity index (χ3n) is 3.73. The van der Waals surface area contributed by atoms with E-state index in [-0.39, 0.29) is 17.7 Å². The van der Waals surface area contributed by atoms with Crippen LogP contribution in [0.15, 0.2) is 48.5 Å². The summed E-state index contributed by atoms with van der Waals surface area (Å²) < 4.78 is 0. The molecule has 0 bridgehead atoms. The highest BCUT2D eigenvalue weighted by atomic mass is 35.5. The van der Waals surface area contributed by atoms with Crippen LogP contribution in [0.1, 0.15) is 23.5 Å². The molecule has 2 atom stereocenters. The molecule has 21 heavy (non-hydrogen) atoms. The van der Waals surface area contributed by atoms with E-state index < -0.39 is 0 Å². The SMILES string of the molecule is C#Cc1cccc(NC(=O)C2CC2c2ccccc2Cl)c1. The Bertz CT molecular complexity index is 732. The highest BCUT2D eigenvalue weighted by molar-refractivity contribution is 6.31. The summed E-state index contributed by atoms with van der Waals surface area (Å²) in [6.07, 6.45) is 6.20. The van der Waals surface area contributed by atoms with Crippen LogP contribution in [0.4, 0.5) is 5.69 Å². The number of hydrogen-bond acceptors (Lipinski definition) is 1. The highest BCUT2D eigenvalue weighted by Gasteiger charge is 2.44. The Balaban J connectivity index is 1.68. The Morgan fingerprint density at radius 1 is 1.24 bits per heavy atom. The molecule has 0 saturated heterocycles. The maximum Gasteiger partial charge on any atom is 0.228 e. The summed E-state index contributed by atoms with van der Waals surface area (Å²) in [6.45, 7) is 0. The number of hydrogen-bond donors (Lipinski definition) is 1. The summed E-state index contributed by atoms with van der Waals surface area (Å²) in [5.74, 6) is 2.78. The van der Waals surface area contributed by atoms with Gasteiger partial charge in [0, 0.05) is 22.2 Å². The van der Waals surface area contributed by atoms with Gasteiger partial charge in [0.15, 0.2) is 0 Å². The van der Waals surface area contributed by atoms with Gasteiger partial charge < -0.3 is 5.32 Å². The van der Waals surface area contributed by atoms with Crippen LogP contribution >= 0.6 is 11.6 Å². The molecular weight excluding hydrogens is 282 g/mol. The van der Waals surface area contributed by atoms with Gasteiger partial charge in [0.1, 0.15) is 0 Å². The minimum absolute atomic E-state index is 0.0145. The number of rotatable bonds is 3. The van der Waals surface area contributed by atoms with Gasteiger partial charge >= 0.3 is 0 Å². The Hall–Kier alpha value is -2.24. The zero-order chi connectivity index (χ0) is 14.8. The normalized spacial score (nSPS) is 19.6. The third kappa shape index (κ3) is 2.94. The Morgan fingerprint density at radius 3 is 2.81 bits per heavy atom. The number of carbonyl (C=O) groups is 1. The van der Waals surface area contributed by atoms with Gasteiger partial charge in [0.25, 0.3) is 0 Å². The Labute approximate surface area is 129 Å². The van der Waals surface area contributed by atoms with Gasteiger partial charge in [-0.2, -0.15) is 0 Å². The van der Waals surface area contributed by atoms with E-state index in [0.29, 0.717) is 0 Å². The third-order valence-corrected chi connectivity index (χ3v) is 4.07. The van der Waals surface area contributed by atoms with Gasteiger partial charge in [-0.1, -0.05) is 41.8 Å². The zero-order valence-electron chi connectivity index (χ0n) is 11.3. The molecule has 1 N–H and O–H groups in total. The van der Waals surface area contributed by atoms with Crippen molar-refractivity contribution in [1.82, 2.24) is 0 Å². The largest absolute Gasteiger partial charge is 0.326 e. The van der Waals surface area contributed by atoms with Crippen LogP contribution in [0.3, 0.4) is 0 Å². The summed E-state index contributed by atoms with van der Waals surface area (Å²) >= 11 is 6.18. The summed E-state index contributed by atoms with van der Waals surface area (Å²) in [4.78, 5) is 12.3. The number of terminal acetylenes is 1. The van der Waals surface area contributed by atoms with Crippen LogP contribution in [0.25, 0.3) is 0 Å². The molecule has 104 valence electrons. The second-order valence-corrected chi connectivity index (χ2v) is 5.59. The smallest absolute Gasteiger partial charge is 0.228 e. The maximum atomic E-state index is 12.3. The molecule has 3 rings (SSSR count). The molecule has 1 saturated carbocycles. The lowest BCUT2D eigenvalue weighted by Crippen LogP contribution is -2.14. The number of benzene rings is 2. The van der Waals surface area contributed by atoms with E-state index in [2.05, 4.69) is 11.2 Å². The molecule has 1 aliphatic rings. The average Bonchev–Trinajstić information content (AvgIpc) is 3.28. The van der Waals surface area contributed by atoms with Crippen LogP contribution in [0.5, 0.6) is 0 Å². The lowest BCUT2D eigenvalue weighted by atomic mass is 10.1. The molecule has 3 heteroatoms. The number of nitrogens with one attached hydrogen (secondary N) is 1. The van der Waals surface area contributed by atoms with Crippen LogP contribution < -0.4 is 5.32 Å². The van der Waals surface area contributed by atoms with Gasteiger partial charge in [-0.15, -0.1) is 6.42 Å². The first-order valence-electron chi connectivity index (χ1n) is 6.81. The predicted octanol–water partition coefficient (Wildman–Crippen LogP) is 4.06. The quantitative estimate of drug-likeness (QED) is 0.850. The number of halogens is 1. The van der Waals surface area contributed by atoms with Crippen molar-refractivity contribution >= 4 is 23.2 Å². The molecule has 0 heterocycles. The average molecular weight is 296 g/mol. The first kappa shape index (κ1) is 13.7. The van der Waals surface area contributed by atoms with Crippen LogP contribution in [-0.4, -0.2) is 5.91 Å². The van der Waals surface area contributed by atoms with Crippen molar-refractivity contribution in [3.8, 4) is 12.3 Å². The first-order valence-corrected chi connectivity index (χ1v) is 7.19. The van der Waals surface area contributed by atoms with E-state index in [1.165, 1.54) is 0 Å². The van der Waals surface area contributed by atoms with Gasteiger partial charge in [-0.05, 0) is 42.2 Å². The Kier molecular flexibility index (Phi) is 3.68. The number of carbonyl (C=O) groups excluding carboxylic acids is 1. The minimum Gasteiger partial charge on any atom is -0.326 e.